The number of carboxylic acids is 1. The third kappa shape index (κ3) is 13.4. The number of ether oxygens (including phenoxy) is 1. The molecule has 8 heteroatoms. The lowest BCUT2D eigenvalue weighted by Gasteiger charge is -2.06. The molecular weight excluding hydrogens is 257 g/mol. The third-order valence-electron chi connectivity index (χ3n) is 1.70. The molecule has 0 aromatic rings. The van der Waals surface area contributed by atoms with Gasteiger partial charge in [-0.2, -0.15) is 0 Å². The molecule has 6 nitrogen and oxygen atoms in total. The van der Waals surface area contributed by atoms with Gasteiger partial charge in [-0.25, -0.2) is 0 Å². The molecule has 98 valence electrons. The van der Waals surface area contributed by atoms with E-state index in [9.17, 15) is 4.79 Å². The molecule has 16 heavy (non-hydrogen) atoms. The molecule has 0 rings (SSSR count). The Balaban J connectivity index is -0.000000845. The number of nitrogens with two attached hydrogens (primary N) is 1. The Labute approximate surface area is 107 Å². The molecule has 0 spiro atoms. The van der Waals surface area contributed by atoms with Crippen LogP contribution in [0, 0.1) is 5.41 Å². The summed E-state index contributed by atoms with van der Waals surface area (Å²) >= 11 is 0. The number of carboxylic acid groups (broad SMARTS) is 1. The first-order valence-electron chi connectivity index (χ1n) is 4.48. The molecule has 0 radical (unpaired) electrons. The first-order valence-corrected chi connectivity index (χ1v) is 4.48. The van der Waals surface area contributed by atoms with Crippen molar-refractivity contribution in [1.82, 2.24) is 5.32 Å². The van der Waals surface area contributed by atoms with Crippen molar-refractivity contribution in [3.8, 4) is 0 Å². The Hall–Kier alpha value is -0.560. The van der Waals surface area contributed by atoms with Crippen molar-refractivity contribution in [3.63, 3.8) is 0 Å². The number of aliphatic carboxylic acids is 1. The molecule has 0 aromatic carbocycles. The quantitative estimate of drug-likeness (QED) is 0.213. The van der Waals surface area contributed by atoms with E-state index in [1.165, 1.54) is 0 Å². The lowest BCUT2D eigenvalue weighted by atomic mass is 10.1. The number of carbonyl (C=O) groups is 1. The van der Waals surface area contributed by atoms with E-state index in [4.69, 9.17) is 16.2 Å². The highest BCUT2D eigenvalue weighted by atomic mass is 35.5. The van der Waals surface area contributed by atoms with E-state index in [0.29, 0.717) is 13.2 Å². The standard InChI is InChI=1S/C8H17N3O3.2ClH/c9-5-14-6-11-4-2-1-3-7(10)8(12)13;;/h5,7,9,11H,1-4,6,10H2,(H,12,13);2*1H/t7-;;/m0../s1. The maximum atomic E-state index is 10.3. The second-order valence-corrected chi connectivity index (χ2v) is 2.87. The number of hydrogen-bond acceptors (Lipinski definition) is 5. The summed E-state index contributed by atoms with van der Waals surface area (Å²) in [5.41, 5.74) is 5.30. The van der Waals surface area contributed by atoms with Crippen molar-refractivity contribution in [2.75, 3.05) is 13.3 Å². The van der Waals surface area contributed by atoms with Gasteiger partial charge in [-0.05, 0) is 19.4 Å². The van der Waals surface area contributed by atoms with Gasteiger partial charge in [0, 0.05) is 0 Å². The van der Waals surface area contributed by atoms with E-state index in [0.717, 1.165) is 25.8 Å². The van der Waals surface area contributed by atoms with Crippen LogP contribution < -0.4 is 11.1 Å². The van der Waals surface area contributed by atoms with Gasteiger partial charge in [0.25, 0.3) is 0 Å². The van der Waals surface area contributed by atoms with Crippen LogP contribution in [-0.2, 0) is 9.53 Å². The van der Waals surface area contributed by atoms with E-state index < -0.39 is 12.0 Å². The summed E-state index contributed by atoms with van der Waals surface area (Å²) in [6.07, 6.45) is 2.98. The minimum atomic E-state index is -0.954. The van der Waals surface area contributed by atoms with Crippen LogP contribution in [-0.4, -0.2) is 36.8 Å². The number of unbranched alkanes of at least 4 members (excludes halogenated alkanes) is 1. The van der Waals surface area contributed by atoms with Crippen molar-refractivity contribution in [3.05, 3.63) is 0 Å². The third-order valence-corrected chi connectivity index (χ3v) is 1.70. The van der Waals surface area contributed by atoms with Crippen LogP contribution >= 0.6 is 24.8 Å². The lowest BCUT2D eigenvalue weighted by molar-refractivity contribution is -0.138. The minimum Gasteiger partial charge on any atom is -0.480 e. The van der Waals surface area contributed by atoms with Crippen LogP contribution in [0.2, 0.25) is 0 Å². The fourth-order valence-electron chi connectivity index (χ4n) is 0.910. The number of nitrogens with one attached hydrogen (secondary N) is 2. The molecular formula is C8H19Cl2N3O3. The minimum absolute atomic E-state index is 0. The van der Waals surface area contributed by atoms with Gasteiger partial charge < -0.3 is 15.6 Å². The van der Waals surface area contributed by atoms with Crippen molar-refractivity contribution in [2.45, 2.75) is 25.3 Å². The molecule has 0 bridgehead atoms. The summed E-state index contributed by atoms with van der Waals surface area (Å²) < 4.78 is 4.61. The van der Waals surface area contributed by atoms with Crippen LogP contribution in [0.5, 0.6) is 0 Å². The molecule has 0 saturated heterocycles. The molecule has 0 aliphatic heterocycles. The largest absolute Gasteiger partial charge is 0.480 e. The Morgan fingerprint density at radius 3 is 2.62 bits per heavy atom. The van der Waals surface area contributed by atoms with Crippen molar-refractivity contribution in [1.29, 1.82) is 5.41 Å². The highest BCUT2D eigenvalue weighted by Gasteiger charge is 2.09. The number of halogens is 2. The SMILES string of the molecule is Cl.Cl.N=COCNCCCC[C@H](N)C(=O)O. The number of hydrogen-bond donors (Lipinski definition) is 4. The van der Waals surface area contributed by atoms with Gasteiger partial charge in [-0.3, -0.25) is 15.5 Å². The van der Waals surface area contributed by atoms with E-state index in [2.05, 4.69) is 10.1 Å². The van der Waals surface area contributed by atoms with E-state index in [1.54, 1.807) is 0 Å². The van der Waals surface area contributed by atoms with Crippen LogP contribution in [0.1, 0.15) is 19.3 Å². The van der Waals surface area contributed by atoms with Gasteiger partial charge >= 0.3 is 5.97 Å². The summed E-state index contributed by atoms with van der Waals surface area (Å²) in [6.45, 7) is 1.05. The second kappa shape index (κ2) is 14.4. The Bertz CT molecular complexity index is 184. The molecule has 0 unspecified atom stereocenters. The first-order chi connectivity index (χ1) is 6.68. The fraction of sp³-hybridized carbons (Fsp3) is 0.750. The second-order valence-electron chi connectivity index (χ2n) is 2.87. The maximum Gasteiger partial charge on any atom is 0.320 e. The smallest absolute Gasteiger partial charge is 0.320 e. The molecule has 0 heterocycles. The van der Waals surface area contributed by atoms with Crippen LogP contribution in [0.25, 0.3) is 0 Å². The van der Waals surface area contributed by atoms with E-state index in [-0.39, 0.29) is 24.8 Å². The molecule has 0 aromatic heterocycles. The molecule has 1 atom stereocenters. The van der Waals surface area contributed by atoms with E-state index in [1.807, 2.05) is 0 Å². The lowest BCUT2D eigenvalue weighted by Crippen LogP contribution is -2.30. The Morgan fingerprint density at radius 2 is 2.12 bits per heavy atom. The molecule has 0 aliphatic rings. The van der Waals surface area contributed by atoms with Crippen LogP contribution in [0.3, 0.4) is 0 Å². The fourth-order valence-corrected chi connectivity index (χ4v) is 0.910. The van der Waals surface area contributed by atoms with Crippen LogP contribution in [0.4, 0.5) is 0 Å². The predicted molar refractivity (Wildman–Crippen MR) is 66.7 cm³/mol. The van der Waals surface area contributed by atoms with Gasteiger partial charge in [0.05, 0.1) is 0 Å². The molecule has 0 aliphatic carbocycles. The normalized spacial score (nSPS) is 10.6. The summed E-state index contributed by atoms with van der Waals surface area (Å²) in [5, 5.41) is 18.0. The van der Waals surface area contributed by atoms with Crippen molar-refractivity contribution >= 4 is 37.2 Å². The summed E-state index contributed by atoms with van der Waals surface area (Å²) in [6, 6.07) is -0.757. The van der Waals surface area contributed by atoms with E-state index >= 15 is 0 Å². The van der Waals surface area contributed by atoms with Gasteiger partial charge in [0.2, 0.25) is 0 Å². The average molecular weight is 276 g/mol. The van der Waals surface area contributed by atoms with Crippen molar-refractivity contribution < 1.29 is 14.6 Å². The summed E-state index contributed by atoms with van der Waals surface area (Å²) in [5.74, 6) is -0.954. The highest BCUT2D eigenvalue weighted by molar-refractivity contribution is 5.85. The zero-order valence-corrected chi connectivity index (χ0v) is 10.5. The van der Waals surface area contributed by atoms with Gasteiger partial charge in [-0.15, -0.1) is 24.8 Å². The zero-order valence-electron chi connectivity index (χ0n) is 8.85. The molecule has 0 amide bonds. The predicted octanol–water partition coefficient (Wildman–Crippen LogP) is 0.583. The first kappa shape index (κ1) is 20.8. The Morgan fingerprint density at radius 1 is 1.50 bits per heavy atom. The molecule has 5 N–H and O–H groups in total. The average Bonchev–Trinajstić information content (AvgIpc) is 2.16. The summed E-state index contributed by atoms with van der Waals surface area (Å²) in [7, 11) is 0. The highest BCUT2D eigenvalue weighted by Crippen LogP contribution is 1.97. The molecule has 0 saturated carbocycles. The molecule has 0 fully saturated rings. The number of rotatable bonds is 9. The van der Waals surface area contributed by atoms with Gasteiger partial charge in [0.15, 0.2) is 6.40 Å². The maximum absolute atomic E-state index is 10.3. The monoisotopic (exact) mass is 275 g/mol. The summed E-state index contributed by atoms with van der Waals surface area (Å²) in [4.78, 5) is 10.3. The van der Waals surface area contributed by atoms with Gasteiger partial charge in [0.1, 0.15) is 12.8 Å². The Kier molecular flexibility index (Phi) is 18.8. The van der Waals surface area contributed by atoms with Crippen LogP contribution in [0.15, 0.2) is 0 Å². The topological polar surface area (TPSA) is 108 Å². The zero-order chi connectivity index (χ0) is 10.8. The van der Waals surface area contributed by atoms with Crippen molar-refractivity contribution in [2.24, 2.45) is 5.73 Å². The van der Waals surface area contributed by atoms with Gasteiger partial charge in [-0.1, -0.05) is 6.42 Å².